The summed E-state index contributed by atoms with van der Waals surface area (Å²) >= 11 is 2.82. The van der Waals surface area contributed by atoms with E-state index in [0.29, 0.717) is 39.4 Å². The molecule has 0 fully saturated rings. The molecule has 12 heteroatoms. The number of para-hydroxylation sites is 1. The molecule has 3 N–H and O–H groups in total. The van der Waals surface area contributed by atoms with Gasteiger partial charge < -0.3 is 11.1 Å². The van der Waals surface area contributed by atoms with Crippen molar-refractivity contribution in [3.05, 3.63) is 110 Å². The number of fused-ring (bicyclic) bond motifs is 1. The first-order valence-electron chi connectivity index (χ1n) is 12.3. The van der Waals surface area contributed by atoms with E-state index in [1.165, 1.54) is 33.4 Å². The normalized spacial score (nSPS) is 11.5. The lowest BCUT2D eigenvalue weighted by Gasteiger charge is -2.20. The van der Waals surface area contributed by atoms with Crippen LogP contribution in [-0.4, -0.2) is 35.4 Å². The standard InChI is InChI=1S/C29H20N8O2S2/c1-17(34-28(38)25-26(30)32-13-22(35-25)23-14-40-16-33-23)27-36-21-9-5-6-18(10-11-20-12-31-15-41-20)24(21)29(39)37(27)19-7-3-2-4-8-19/h2-9,12-17H,1H3,(H2,30,32)(H,34,38)/t17-/m1/s1. The third-order valence-corrected chi connectivity index (χ3v) is 7.41. The Bertz CT molecular complexity index is 1990. The number of hydrogen-bond acceptors (Lipinski definition) is 10. The second kappa shape index (κ2) is 11.1. The average Bonchev–Trinajstić information content (AvgIpc) is 3.72. The maximum absolute atomic E-state index is 14.1. The second-order valence-corrected chi connectivity index (χ2v) is 10.4. The fraction of sp³-hybridized carbons (Fsp3) is 0.0690. The molecule has 0 radical (unpaired) electrons. The summed E-state index contributed by atoms with van der Waals surface area (Å²) in [5.41, 5.74) is 11.6. The minimum absolute atomic E-state index is 0.0234. The van der Waals surface area contributed by atoms with Gasteiger partial charge in [-0.05, 0) is 37.1 Å². The molecule has 4 aromatic heterocycles. The van der Waals surface area contributed by atoms with Gasteiger partial charge in [-0.25, -0.2) is 19.9 Å². The van der Waals surface area contributed by atoms with E-state index >= 15 is 0 Å². The Labute approximate surface area is 241 Å². The van der Waals surface area contributed by atoms with Crippen LogP contribution in [0.25, 0.3) is 28.0 Å². The van der Waals surface area contributed by atoms with Gasteiger partial charge in [-0.15, -0.1) is 22.7 Å². The minimum Gasteiger partial charge on any atom is -0.382 e. The molecule has 6 rings (SSSR count). The molecule has 200 valence electrons. The van der Waals surface area contributed by atoms with Crippen LogP contribution in [0.2, 0.25) is 0 Å². The van der Waals surface area contributed by atoms with Gasteiger partial charge in [0.25, 0.3) is 11.5 Å². The number of amides is 1. The molecule has 0 unspecified atom stereocenters. The molecule has 1 atom stereocenters. The van der Waals surface area contributed by atoms with Gasteiger partial charge in [-0.2, -0.15) is 0 Å². The fourth-order valence-electron chi connectivity index (χ4n) is 4.23. The van der Waals surface area contributed by atoms with Gasteiger partial charge in [0.1, 0.15) is 17.2 Å². The molecular formula is C29H20N8O2S2. The van der Waals surface area contributed by atoms with Crippen LogP contribution in [0, 0.1) is 11.8 Å². The summed E-state index contributed by atoms with van der Waals surface area (Å²) < 4.78 is 1.49. The van der Waals surface area contributed by atoms with Gasteiger partial charge in [0.15, 0.2) is 11.5 Å². The van der Waals surface area contributed by atoms with Crippen molar-refractivity contribution in [2.75, 3.05) is 5.73 Å². The molecule has 0 aliphatic carbocycles. The van der Waals surface area contributed by atoms with Gasteiger partial charge in [-0.1, -0.05) is 30.2 Å². The monoisotopic (exact) mass is 576 g/mol. The molecule has 0 bridgehead atoms. The number of aromatic nitrogens is 6. The van der Waals surface area contributed by atoms with Crippen molar-refractivity contribution in [3.63, 3.8) is 0 Å². The van der Waals surface area contributed by atoms with Gasteiger partial charge >= 0.3 is 0 Å². The maximum atomic E-state index is 14.1. The zero-order valence-electron chi connectivity index (χ0n) is 21.5. The van der Waals surface area contributed by atoms with Gasteiger partial charge in [-0.3, -0.25) is 19.1 Å². The summed E-state index contributed by atoms with van der Waals surface area (Å²) in [7, 11) is 0. The molecule has 0 aliphatic rings. The molecule has 6 aromatic rings. The number of carbonyl (C=O) groups excluding carboxylic acids is 1. The van der Waals surface area contributed by atoms with E-state index < -0.39 is 11.9 Å². The Morgan fingerprint density at radius 2 is 1.85 bits per heavy atom. The smallest absolute Gasteiger partial charge is 0.274 e. The van der Waals surface area contributed by atoms with E-state index in [-0.39, 0.29) is 17.1 Å². The highest BCUT2D eigenvalue weighted by molar-refractivity contribution is 7.10. The molecule has 10 nitrogen and oxygen atoms in total. The zero-order valence-corrected chi connectivity index (χ0v) is 23.1. The van der Waals surface area contributed by atoms with Crippen LogP contribution in [-0.2, 0) is 0 Å². The van der Waals surface area contributed by atoms with Crippen LogP contribution in [0.3, 0.4) is 0 Å². The van der Waals surface area contributed by atoms with Crippen molar-refractivity contribution in [1.82, 2.24) is 34.8 Å². The topological polar surface area (TPSA) is 142 Å². The first kappa shape index (κ1) is 26.0. The molecule has 0 saturated heterocycles. The van der Waals surface area contributed by atoms with E-state index in [9.17, 15) is 9.59 Å². The Kier molecular flexibility index (Phi) is 7.03. The lowest BCUT2D eigenvalue weighted by molar-refractivity contribution is 0.0933. The number of nitrogens with two attached hydrogens (primary N) is 1. The van der Waals surface area contributed by atoms with Crippen LogP contribution in [0.1, 0.15) is 39.7 Å². The van der Waals surface area contributed by atoms with Gasteiger partial charge in [0.05, 0.1) is 50.9 Å². The second-order valence-electron chi connectivity index (χ2n) is 8.82. The summed E-state index contributed by atoms with van der Waals surface area (Å²) in [5.74, 6) is 5.91. The Morgan fingerprint density at radius 1 is 1.00 bits per heavy atom. The van der Waals surface area contributed by atoms with E-state index in [2.05, 4.69) is 37.1 Å². The third kappa shape index (κ3) is 5.19. The van der Waals surface area contributed by atoms with Crippen molar-refractivity contribution in [1.29, 1.82) is 0 Å². The quantitative estimate of drug-likeness (QED) is 0.291. The molecule has 0 aliphatic heterocycles. The first-order chi connectivity index (χ1) is 20.0. The van der Waals surface area contributed by atoms with Gasteiger partial charge in [0.2, 0.25) is 0 Å². The van der Waals surface area contributed by atoms with Crippen LogP contribution in [0.15, 0.2) is 82.1 Å². The number of nitrogens with one attached hydrogen (secondary N) is 1. The summed E-state index contributed by atoms with van der Waals surface area (Å²) in [6.07, 6.45) is 3.15. The highest BCUT2D eigenvalue weighted by Crippen LogP contribution is 2.22. The summed E-state index contributed by atoms with van der Waals surface area (Å²) in [4.78, 5) is 49.9. The Morgan fingerprint density at radius 3 is 2.61 bits per heavy atom. The first-order valence-corrected chi connectivity index (χ1v) is 14.2. The van der Waals surface area contributed by atoms with Crippen molar-refractivity contribution in [2.24, 2.45) is 0 Å². The van der Waals surface area contributed by atoms with Gasteiger partial charge in [0, 0.05) is 10.9 Å². The molecule has 1 amide bonds. The number of nitrogens with zero attached hydrogens (tertiary/aromatic N) is 6. The summed E-state index contributed by atoms with van der Waals surface area (Å²) in [5, 5.41) is 5.07. The van der Waals surface area contributed by atoms with Crippen molar-refractivity contribution in [3.8, 4) is 28.9 Å². The van der Waals surface area contributed by atoms with E-state index in [1.807, 2.05) is 18.2 Å². The van der Waals surface area contributed by atoms with Crippen molar-refractivity contribution < 1.29 is 4.79 Å². The van der Waals surface area contributed by atoms with Crippen LogP contribution >= 0.6 is 22.7 Å². The van der Waals surface area contributed by atoms with Crippen LogP contribution in [0.5, 0.6) is 0 Å². The zero-order chi connectivity index (χ0) is 28.3. The largest absolute Gasteiger partial charge is 0.382 e. The van der Waals surface area contributed by atoms with Crippen LogP contribution < -0.4 is 16.6 Å². The number of anilines is 1. The Hall–Kier alpha value is -5.25. The molecular weight excluding hydrogens is 557 g/mol. The van der Waals surface area contributed by atoms with Crippen molar-refractivity contribution >= 4 is 45.3 Å². The lowest BCUT2D eigenvalue weighted by atomic mass is 10.1. The molecule has 0 spiro atoms. The van der Waals surface area contributed by atoms with E-state index in [4.69, 9.17) is 10.7 Å². The fourth-order valence-corrected chi connectivity index (χ4v) is 5.25. The number of rotatable bonds is 5. The number of benzene rings is 2. The third-order valence-electron chi connectivity index (χ3n) is 6.14. The minimum atomic E-state index is -0.712. The SMILES string of the molecule is C[C@@H](NC(=O)c1nc(-c2cscn2)cnc1N)c1nc2cccc(C#Cc3cncs3)c2c(=O)n1-c1ccccc1. The Balaban J connectivity index is 1.44. The molecule has 0 saturated carbocycles. The number of thiazole rings is 2. The molecule has 41 heavy (non-hydrogen) atoms. The highest BCUT2D eigenvalue weighted by Gasteiger charge is 2.23. The maximum Gasteiger partial charge on any atom is 0.274 e. The van der Waals surface area contributed by atoms with E-state index in [0.717, 1.165) is 4.88 Å². The predicted molar refractivity (Wildman–Crippen MR) is 159 cm³/mol. The van der Waals surface area contributed by atoms with E-state index in [1.54, 1.807) is 59.9 Å². The molecule has 4 heterocycles. The summed E-state index contributed by atoms with van der Waals surface area (Å²) in [6.45, 7) is 1.74. The predicted octanol–water partition coefficient (Wildman–Crippen LogP) is 4.23. The van der Waals surface area contributed by atoms with Crippen LogP contribution in [0.4, 0.5) is 5.82 Å². The summed E-state index contributed by atoms with van der Waals surface area (Å²) in [6, 6.07) is 13.7. The number of hydrogen-bond donors (Lipinski definition) is 2. The number of carbonyl (C=O) groups is 1. The average molecular weight is 577 g/mol. The van der Waals surface area contributed by atoms with Crippen molar-refractivity contribution in [2.45, 2.75) is 13.0 Å². The molecule has 2 aromatic carbocycles. The highest BCUT2D eigenvalue weighted by atomic mass is 32.1. The lowest BCUT2D eigenvalue weighted by Crippen LogP contribution is -2.34. The number of nitrogen functional groups attached to an aromatic ring is 1.